The van der Waals surface area contributed by atoms with Crippen molar-refractivity contribution in [2.24, 2.45) is 0 Å². The van der Waals surface area contributed by atoms with Crippen molar-refractivity contribution in [2.75, 3.05) is 13.1 Å². The number of halogens is 1. The summed E-state index contributed by atoms with van der Waals surface area (Å²) >= 11 is 5.74. The number of carbonyl (C=O) groups is 1. The molecule has 0 saturated carbocycles. The summed E-state index contributed by atoms with van der Waals surface area (Å²) in [5.74, 6) is -0.00257. The standard InChI is InChI=1S/C13H18ClN3O3S/c1-2-13(18)16-10-4-7-17(8-5-10)21(19,20)11-3-6-15-12(14)9-11/h3,6,9-10H,2,4-5,7-8H2,1H3,(H,16,18). The number of sulfonamides is 1. The number of carbonyl (C=O) groups excluding carboxylic acids is 1. The number of piperidine rings is 1. The Morgan fingerprint density at radius 2 is 2.14 bits per heavy atom. The molecule has 0 spiro atoms. The summed E-state index contributed by atoms with van der Waals surface area (Å²) in [6.45, 7) is 2.57. The highest BCUT2D eigenvalue weighted by Gasteiger charge is 2.29. The summed E-state index contributed by atoms with van der Waals surface area (Å²) in [4.78, 5) is 15.3. The minimum Gasteiger partial charge on any atom is -0.353 e. The number of aromatic nitrogens is 1. The molecule has 2 heterocycles. The number of nitrogens with zero attached hydrogens (tertiary/aromatic N) is 2. The summed E-state index contributed by atoms with van der Waals surface area (Å²) in [6.07, 6.45) is 3.05. The summed E-state index contributed by atoms with van der Waals surface area (Å²) in [5.41, 5.74) is 0. The first kappa shape index (κ1) is 16.2. The Morgan fingerprint density at radius 3 is 2.71 bits per heavy atom. The lowest BCUT2D eigenvalue weighted by atomic mass is 10.1. The van der Waals surface area contributed by atoms with Crippen LogP contribution in [0.4, 0.5) is 0 Å². The van der Waals surface area contributed by atoms with Gasteiger partial charge in [-0.05, 0) is 25.0 Å². The Kier molecular flexibility index (Phi) is 5.18. The van der Waals surface area contributed by atoms with Gasteiger partial charge in [-0.2, -0.15) is 4.31 Å². The monoisotopic (exact) mass is 331 g/mol. The second-order valence-corrected chi connectivity index (χ2v) is 7.24. The highest BCUT2D eigenvalue weighted by molar-refractivity contribution is 7.89. The molecule has 0 aromatic carbocycles. The Morgan fingerprint density at radius 1 is 1.48 bits per heavy atom. The van der Waals surface area contributed by atoms with Crippen LogP contribution in [-0.2, 0) is 14.8 Å². The van der Waals surface area contributed by atoms with Crippen molar-refractivity contribution in [1.29, 1.82) is 0 Å². The fourth-order valence-corrected chi connectivity index (χ4v) is 3.99. The van der Waals surface area contributed by atoms with Gasteiger partial charge in [0.05, 0.1) is 4.90 Å². The number of amides is 1. The number of hydrogen-bond acceptors (Lipinski definition) is 4. The maximum Gasteiger partial charge on any atom is 0.243 e. The largest absolute Gasteiger partial charge is 0.353 e. The predicted molar refractivity (Wildman–Crippen MR) is 79.5 cm³/mol. The number of hydrogen-bond donors (Lipinski definition) is 1. The third-order valence-electron chi connectivity index (χ3n) is 3.48. The highest BCUT2D eigenvalue weighted by atomic mass is 35.5. The molecule has 8 heteroatoms. The van der Waals surface area contributed by atoms with Crippen LogP contribution in [0.3, 0.4) is 0 Å². The Bertz CT molecular complexity index is 613. The van der Waals surface area contributed by atoms with Gasteiger partial charge >= 0.3 is 0 Å². The first-order valence-corrected chi connectivity index (χ1v) is 8.66. The van der Waals surface area contributed by atoms with Crippen molar-refractivity contribution >= 4 is 27.5 Å². The quantitative estimate of drug-likeness (QED) is 0.846. The zero-order valence-electron chi connectivity index (χ0n) is 11.8. The zero-order valence-corrected chi connectivity index (χ0v) is 13.3. The molecule has 1 N–H and O–H groups in total. The van der Waals surface area contributed by atoms with Gasteiger partial charge in [-0.25, -0.2) is 13.4 Å². The van der Waals surface area contributed by atoms with Gasteiger partial charge in [0.25, 0.3) is 0 Å². The molecular formula is C13H18ClN3O3S. The number of pyridine rings is 1. The first-order valence-electron chi connectivity index (χ1n) is 6.84. The number of rotatable bonds is 4. The van der Waals surface area contributed by atoms with Gasteiger partial charge in [0.15, 0.2) is 0 Å². The fourth-order valence-electron chi connectivity index (χ4n) is 2.26. The van der Waals surface area contributed by atoms with Crippen LogP contribution >= 0.6 is 11.6 Å². The summed E-state index contributed by atoms with van der Waals surface area (Å²) in [6, 6.07) is 2.83. The molecule has 6 nitrogen and oxygen atoms in total. The van der Waals surface area contributed by atoms with Gasteiger partial charge in [-0.15, -0.1) is 0 Å². The molecule has 1 aromatic heterocycles. The average molecular weight is 332 g/mol. The molecule has 0 unspecified atom stereocenters. The average Bonchev–Trinajstić information content (AvgIpc) is 2.47. The molecule has 1 aliphatic heterocycles. The highest BCUT2D eigenvalue weighted by Crippen LogP contribution is 2.22. The molecule has 0 radical (unpaired) electrons. The van der Waals surface area contributed by atoms with Gasteiger partial charge < -0.3 is 5.32 Å². The van der Waals surface area contributed by atoms with Gasteiger partial charge in [-0.1, -0.05) is 18.5 Å². The van der Waals surface area contributed by atoms with E-state index in [-0.39, 0.29) is 22.0 Å². The minimum atomic E-state index is -3.55. The molecule has 0 atom stereocenters. The van der Waals surface area contributed by atoms with Gasteiger partial charge in [0.1, 0.15) is 5.15 Å². The topological polar surface area (TPSA) is 79.4 Å². The molecule has 0 bridgehead atoms. The lowest BCUT2D eigenvalue weighted by molar-refractivity contribution is -0.121. The molecule has 1 aromatic rings. The normalized spacial score (nSPS) is 17.6. The van der Waals surface area contributed by atoms with Crippen LogP contribution in [0.25, 0.3) is 0 Å². The van der Waals surface area contributed by atoms with Crippen molar-refractivity contribution < 1.29 is 13.2 Å². The molecule has 1 saturated heterocycles. The molecule has 1 aliphatic rings. The van der Waals surface area contributed by atoms with Crippen LogP contribution in [0.15, 0.2) is 23.2 Å². The summed E-state index contributed by atoms with van der Waals surface area (Å²) in [7, 11) is -3.55. The Labute approximate surface area is 129 Å². The van der Waals surface area contributed by atoms with E-state index >= 15 is 0 Å². The van der Waals surface area contributed by atoms with E-state index in [1.54, 1.807) is 6.92 Å². The molecule has 116 valence electrons. The van der Waals surface area contributed by atoms with E-state index in [0.717, 1.165) is 0 Å². The van der Waals surface area contributed by atoms with Gasteiger partial charge in [-0.3, -0.25) is 4.79 Å². The van der Waals surface area contributed by atoms with Gasteiger partial charge in [0, 0.05) is 31.7 Å². The molecule has 21 heavy (non-hydrogen) atoms. The first-order chi connectivity index (χ1) is 9.93. The maximum atomic E-state index is 12.5. The smallest absolute Gasteiger partial charge is 0.243 e. The van der Waals surface area contributed by atoms with Crippen molar-refractivity contribution in [3.05, 3.63) is 23.5 Å². The van der Waals surface area contributed by atoms with E-state index in [9.17, 15) is 13.2 Å². The van der Waals surface area contributed by atoms with Gasteiger partial charge in [0.2, 0.25) is 15.9 Å². The van der Waals surface area contributed by atoms with Crippen molar-refractivity contribution in [2.45, 2.75) is 37.1 Å². The van der Waals surface area contributed by atoms with E-state index in [2.05, 4.69) is 10.3 Å². The maximum absolute atomic E-state index is 12.5. The molecule has 0 aliphatic carbocycles. The molecular weight excluding hydrogens is 314 g/mol. The van der Waals surface area contributed by atoms with E-state index < -0.39 is 10.0 Å². The molecule has 2 rings (SSSR count). The second-order valence-electron chi connectivity index (χ2n) is 4.91. The van der Waals surface area contributed by atoms with E-state index in [0.29, 0.717) is 32.4 Å². The third kappa shape index (κ3) is 3.93. The van der Waals surface area contributed by atoms with Crippen LogP contribution in [0.1, 0.15) is 26.2 Å². The Balaban J connectivity index is 2.03. The molecule has 1 amide bonds. The predicted octanol–water partition coefficient (Wildman–Crippen LogP) is 1.41. The van der Waals surface area contributed by atoms with Crippen LogP contribution in [-0.4, -0.2) is 42.7 Å². The Hall–Kier alpha value is -1.18. The SMILES string of the molecule is CCC(=O)NC1CCN(S(=O)(=O)c2ccnc(Cl)c2)CC1. The fraction of sp³-hybridized carbons (Fsp3) is 0.538. The zero-order chi connectivity index (χ0) is 15.5. The number of nitrogens with one attached hydrogen (secondary N) is 1. The summed E-state index contributed by atoms with van der Waals surface area (Å²) in [5, 5.41) is 3.05. The van der Waals surface area contributed by atoms with Crippen LogP contribution < -0.4 is 5.32 Å². The molecule has 1 fully saturated rings. The lowest BCUT2D eigenvalue weighted by Crippen LogP contribution is -2.46. The van der Waals surface area contributed by atoms with E-state index in [1.807, 2.05) is 0 Å². The van der Waals surface area contributed by atoms with Crippen molar-refractivity contribution in [3.63, 3.8) is 0 Å². The van der Waals surface area contributed by atoms with Crippen LogP contribution in [0.2, 0.25) is 5.15 Å². The van der Waals surface area contributed by atoms with Crippen molar-refractivity contribution in [3.8, 4) is 0 Å². The van der Waals surface area contributed by atoms with Crippen LogP contribution in [0.5, 0.6) is 0 Å². The minimum absolute atomic E-state index is 0.00257. The van der Waals surface area contributed by atoms with Crippen molar-refractivity contribution in [1.82, 2.24) is 14.6 Å². The van der Waals surface area contributed by atoms with Crippen LogP contribution in [0, 0.1) is 0 Å². The third-order valence-corrected chi connectivity index (χ3v) is 5.58. The summed E-state index contributed by atoms with van der Waals surface area (Å²) < 4.78 is 26.4. The van der Waals surface area contributed by atoms with E-state index in [4.69, 9.17) is 11.6 Å². The lowest BCUT2D eigenvalue weighted by Gasteiger charge is -2.31. The second kappa shape index (κ2) is 6.72. The van der Waals surface area contributed by atoms with E-state index in [1.165, 1.54) is 22.6 Å².